The first-order chi connectivity index (χ1) is 27.6. The molecule has 324 valence electrons. The van der Waals surface area contributed by atoms with Gasteiger partial charge in [0, 0.05) is 32.5 Å². The smallest absolute Gasteiger partial charge is 0.410 e. The summed E-state index contributed by atoms with van der Waals surface area (Å²) in [5.74, 6) is -1.17. The molecule has 2 heterocycles. The molecule has 1 aromatic carbocycles. The van der Waals surface area contributed by atoms with E-state index in [9.17, 15) is 37.2 Å². The number of sulfone groups is 1. The first-order valence-corrected chi connectivity index (χ1v) is 22.1. The average Bonchev–Trinajstić information content (AvgIpc) is 3.59. The molecule has 15 nitrogen and oxygen atoms in total. The van der Waals surface area contributed by atoms with Crippen LogP contribution in [0.4, 0.5) is 9.59 Å². The maximum Gasteiger partial charge on any atom is 0.410 e. The Kier molecular flexibility index (Phi) is 15.4. The van der Waals surface area contributed by atoms with Gasteiger partial charge in [-0.3, -0.25) is 19.2 Å². The Labute approximate surface area is 349 Å². The van der Waals surface area contributed by atoms with E-state index in [1.54, 1.807) is 46.4 Å². The fourth-order valence-electron chi connectivity index (χ4n) is 7.75. The van der Waals surface area contributed by atoms with Crippen molar-refractivity contribution in [2.24, 2.45) is 5.41 Å². The molecular formula is C43H62N6O9S. The van der Waals surface area contributed by atoms with Crippen molar-refractivity contribution in [3.63, 3.8) is 0 Å². The van der Waals surface area contributed by atoms with E-state index >= 15 is 0 Å². The molecule has 0 spiro atoms. The van der Waals surface area contributed by atoms with Gasteiger partial charge in [-0.1, -0.05) is 70.4 Å². The molecule has 4 atom stereocenters. The van der Waals surface area contributed by atoms with Crippen molar-refractivity contribution in [3.8, 4) is 12.3 Å². The number of carbonyl (C=O) groups is 6. The van der Waals surface area contributed by atoms with Gasteiger partial charge >= 0.3 is 12.1 Å². The van der Waals surface area contributed by atoms with Gasteiger partial charge < -0.3 is 35.8 Å². The maximum absolute atomic E-state index is 14.8. The molecule has 1 aromatic rings. The van der Waals surface area contributed by atoms with Crippen molar-refractivity contribution in [2.45, 2.75) is 140 Å². The van der Waals surface area contributed by atoms with Crippen LogP contribution in [-0.4, -0.2) is 114 Å². The van der Waals surface area contributed by atoms with Crippen molar-refractivity contribution in [2.75, 3.05) is 25.4 Å². The van der Waals surface area contributed by atoms with Crippen LogP contribution in [0.3, 0.4) is 0 Å². The number of terminal acetylenes is 1. The number of fused-ring (bicyclic) bond motifs is 1. The lowest BCUT2D eigenvalue weighted by Gasteiger charge is -2.41. The summed E-state index contributed by atoms with van der Waals surface area (Å²) in [6, 6.07) is 3.20. The zero-order chi connectivity index (χ0) is 43.8. The number of likely N-dealkylation sites (tertiary alicyclic amines) is 1. The minimum absolute atomic E-state index is 0.0171. The fraction of sp³-hybridized carbons (Fsp3) is 0.628. The van der Waals surface area contributed by atoms with Crippen molar-refractivity contribution in [1.29, 1.82) is 0 Å². The third-order valence-corrected chi connectivity index (χ3v) is 14.1. The van der Waals surface area contributed by atoms with Gasteiger partial charge in [0.2, 0.25) is 17.6 Å². The Morgan fingerprint density at radius 1 is 1.02 bits per heavy atom. The molecule has 4 N–H and O–H groups in total. The third-order valence-electron chi connectivity index (χ3n) is 11.3. The number of nitrogens with one attached hydrogen (secondary N) is 4. The van der Waals surface area contributed by atoms with Crippen LogP contribution in [-0.2, 0) is 46.7 Å². The molecule has 16 heteroatoms. The van der Waals surface area contributed by atoms with Crippen LogP contribution in [0.25, 0.3) is 0 Å². The zero-order valence-corrected chi connectivity index (χ0v) is 36.2. The summed E-state index contributed by atoms with van der Waals surface area (Å²) in [6.07, 6.45) is 9.01. The Hall–Kier alpha value is -4.91. The Balaban J connectivity index is 1.61. The highest BCUT2D eigenvalue weighted by Crippen LogP contribution is 2.33. The number of carbonyl (C=O) groups excluding carboxylic acids is 6. The lowest BCUT2D eigenvalue weighted by Crippen LogP contribution is -2.63. The second-order valence-electron chi connectivity index (χ2n) is 18.0. The monoisotopic (exact) mass is 838 g/mol. The van der Waals surface area contributed by atoms with E-state index in [1.807, 2.05) is 24.3 Å². The number of benzene rings is 1. The normalized spacial score (nSPS) is 20.2. The molecule has 1 saturated heterocycles. The van der Waals surface area contributed by atoms with Gasteiger partial charge in [0.25, 0.3) is 5.91 Å². The number of hydrogen-bond donors (Lipinski definition) is 4. The fourth-order valence-corrected chi connectivity index (χ4v) is 9.28. The number of hydrogen-bond acceptors (Lipinski definition) is 9. The second-order valence-corrected chi connectivity index (χ2v) is 20.7. The van der Waals surface area contributed by atoms with E-state index in [-0.39, 0.29) is 38.1 Å². The zero-order valence-electron chi connectivity index (χ0n) is 35.4. The van der Waals surface area contributed by atoms with Gasteiger partial charge in [0.1, 0.15) is 18.2 Å². The summed E-state index contributed by atoms with van der Waals surface area (Å²) < 4.78 is 31.8. The van der Waals surface area contributed by atoms with E-state index < -0.39 is 85.4 Å². The SMILES string of the molecule is C#CCCC(NC(=O)[C@@H]1C[C@@H](OC(=O)N2CCc3ccccc3C2)CN1C(=O)C(NC(=O)NC1(CS(=O)(=O)C(C)(C)C)CCCCC1)C(C)(C)C)C(=O)C(=O)NCC=C. The van der Waals surface area contributed by atoms with E-state index in [4.69, 9.17) is 11.2 Å². The summed E-state index contributed by atoms with van der Waals surface area (Å²) >= 11 is 0. The largest absolute Gasteiger partial charge is 0.444 e. The average molecular weight is 839 g/mol. The lowest BCUT2D eigenvalue weighted by atomic mass is 9.83. The van der Waals surface area contributed by atoms with Crippen LogP contribution < -0.4 is 21.3 Å². The highest BCUT2D eigenvalue weighted by molar-refractivity contribution is 7.92. The van der Waals surface area contributed by atoms with Gasteiger partial charge in [-0.05, 0) is 63.0 Å². The molecule has 0 radical (unpaired) electrons. The van der Waals surface area contributed by atoms with Crippen molar-refractivity contribution >= 4 is 45.5 Å². The molecule has 2 aliphatic heterocycles. The van der Waals surface area contributed by atoms with Crippen molar-refractivity contribution in [1.82, 2.24) is 31.1 Å². The maximum atomic E-state index is 14.8. The van der Waals surface area contributed by atoms with E-state index in [2.05, 4.69) is 33.8 Å². The molecule has 3 aliphatic rings. The first kappa shape index (κ1) is 46.8. The van der Waals surface area contributed by atoms with Gasteiger partial charge in [-0.15, -0.1) is 18.9 Å². The van der Waals surface area contributed by atoms with Gasteiger partial charge in [-0.25, -0.2) is 18.0 Å². The van der Waals surface area contributed by atoms with E-state index in [1.165, 1.54) is 11.0 Å². The molecule has 1 aliphatic carbocycles. The minimum Gasteiger partial charge on any atom is -0.444 e. The Bertz CT molecular complexity index is 1910. The Morgan fingerprint density at radius 3 is 2.29 bits per heavy atom. The number of rotatable bonds is 14. The van der Waals surface area contributed by atoms with Gasteiger partial charge in [-0.2, -0.15) is 0 Å². The summed E-state index contributed by atoms with van der Waals surface area (Å²) in [5, 5.41) is 10.8. The van der Waals surface area contributed by atoms with Gasteiger partial charge in [0.05, 0.1) is 28.6 Å². The topological polar surface area (TPSA) is 200 Å². The quantitative estimate of drug-likeness (QED) is 0.123. The highest BCUT2D eigenvalue weighted by atomic mass is 32.2. The van der Waals surface area contributed by atoms with Crippen LogP contribution in [0.15, 0.2) is 36.9 Å². The number of ether oxygens (including phenoxy) is 1. The van der Waals surface area contributed by atoms with Crippen LogP contribution in [0.1, 0.15) is 104 Å². The highest BCUT2D eigenvalue weighted by Gasteiger charge is 2.48. The van der Waals surface area contributed by atoms with Crippen LogP contribution in [0.2, 0.25) is 0 Å². The molecule has 1 saturated carbocycles. The number of ketones is 1. The van der Waals surface area contributed by atoms with Crippen molar-refractivity contribution < 1.29 is 41.9 Å². The third kappa shape index (κ3) is 12.1. The number of amides is 6. The molecule has 0 bridgehead atoms. The van der Waals surface area contributed by atoms with E-state index in [0.717, 1.165) is 30.4 Å². The second kappa shape index (κ2) is 19.4. The number of Topliss-reactive ketones (excluding diaryl/α,β-unsaturated/α-hetero) is 1. The molecule has 0 aromatic heterocycles. The number of nitrogens with zero attached hydrogens (tertiary/aromatic N) is 2. The van der Waals surface area contributed by atoms with Crippen LogP contribution >= 0.6 is 0 Å². The van der Waals surface area contributed by atoms with Crippen molar-refractivity contribution in [3.05, 3.63) is 48.0 Å². The summed E-state index contributed by atoms with van der Waals surface area (Å²) in [4.78, 5) is 85.1. The molecule has 2 unspecified atom stereocenters. The van der Waals surface area contributed by atoms with Crippen LogP contribution in [0.5, 0.6) is 0 Å². The van der Waals surface area contributed by atoms with E-state index in [0.29, 0.717) is 32.4 Å². The molecule has 4 rings (SSSR count). The lowest BCUT2D eigenvalue weighted by molar-refractivity contribution is -0.143. The standard InChI is InChI=1S/C43H62N6O9S/c1-9-11-19-32(34(50)37(52)44-23-10-2)45-36(51)33-25-31(58-40(55)48-24-20-29-17-13-14-18-30(29)26-48)27-49(33)38(53)35(41(3,4)5)46-39(54)47-43(21-15-12-16-22-43)28-59(56,57)42(6,7)8/h1,10,13-14,17-18,31-33,35H,2,11-12,15-16,19-28H2,3-8H3,(H,44,52)(H,45,51)(H2,46,47,54)/t31-,32?,33+,35?/m1/s1. The predicted molar refractivity (Wildman–Crippen MR) is 223 cm³/mol. The molecule has 6 amide bonds. The summed E-state index contributed by atoms with van der Waals surface area (Å²) in [5.41, 5.74) is 0.131. The molecule has 59 heavy (non-hydrogen) atoms. The predicted octanol–water partition coefficient (Wildman–Crippen LogP) is 3.55. The molecular weight excluding hydrogens is 777 g/mol. The number of urea groups is 1. The summed E-state index contributed by atoms with van der Waals surface area (Å²) in [7, 11) is -3.65. The summed E-state index contributed by atoms with van der Waals surface area (Å²) in [6.45, 7) is 14.2. The van der Waals surface area contributed by atoms with Crippen LogP contribution in [0, 0.1) is 17.8 Å². The Morgan fingerprint density at radius 2 is 1.68 bits per heavy atom. The molecule has 2 fully saturated rings. The van der Waals surface area contributed by atoms with Gasteiger partial charge in [0.15, 0.2) is 9.84 Å². The first-order valence-electron chi connectivity index (χ1n) is 20.4. The minimum atomic E-state index is -3.65.